The van der Waals surface area contributed by atoms with Crippen molar-refractivity contribution in [1.29, 1.82) is 0 Å². The first-order valence-corrected chi connectivity index (χ1v) is 12.6. The summed E-state index contributed by atoms with van der Waals surface area (Å²) in [5.41, 5.74) is 5.88. The highest BCUT2D eigenvalue weighted by molar-refractivity contribution is 5.93. The number of aryl methyl sites for hydroxylation is 1. The van der Waals surface area contributed by atoms with E-state index in [0.29, 0.717) is 12.2 Å². The van der Waals surface area contributed by atoms with Crippen LogP contribution in [0.1, 0.15) is 96.6 Å². The number of aliphatic hydroxyl groups is 1. The predicted molar refractivity (Wildman–Crippen MR) is 139 cm³/mol. The summed E-state index contributed by atoms with van der Waals surface area (Å²) in [4.78, 5) is 13.2. The molecule has 1 N–H and O–H groups in total. The normalized spacial score (nSPS) is 19.2. The number of hydrogen-bond acceptors (Lipinski definition) is 3. The molecule has 3 heteroatoms. The van der Waals surface area contributed by atoms with Crippen molar-refractivity contribution in [3.63, 3.8) is 0 Å². The van der Waals surface area contributed by atoms with E-state index in [1.807, 2.05) is 0 Å². The van der Waals surface area contributed by atoms with Crippen LogP contribution in [0.15, 0.2) is 53.1 Å². The van der Waals surface area contributed by atoms with Crippen molar-refractivity contribution in [3.05, 3.63) is 64.3 Å². The first-order chi connectivity index (χ1) is 15.8. The van der Waals surface area contributed by atoms with E-state index in [4.69, 9.17) is 9.84 Å². The van der Waals surface area contributed by atoms with Crippen LogP contribution >= 0.6 is 0 Å². The molecule has 1 aromatic carbocycles. The van der Waals surface area contributed by atoms with E-state index in [-0.39, 0.29) is 6.61 Å². The highest BCUT2D eigenvalue weighted by atomic mass is 16.5. The second kappa shape index (κ2) is 13.5. The largest absolute Gasteiger partial charge is 0.496 e. The number of rotatable bonds is 13. The zero-order valence-corrected chi connectivity index (χ0v) is 21.5. The van der Waals surface area contributed by atoms with Gasteiger partial charge in [0.1, 0.15) is 11.5 Å². The third-order valence-corrected chi connectivity index (χ3v) is 6.87. The molecule has 0 saturated heterocycles. The quantitative estimate of drug-likeness (QED) is 0.317. The third-order valence-electron chi connectivity index (χ3n) is 6.87. The Morgan fingerprint density at radius 3 is 2.36 bits per heavy atom. The van der Waals surface area contributed by atoms with Crippen molar-refractivity contribution in [2.45, 2.75) is 97.3 Å². The summed E-state index contributed by atoms with van der Waals surface area (Å²) < 4.78 is 5.75. The Balaban J connectivity index is 2.11. The molecule has 0 amide bonds. The summed E-state index contributed by atoms with van der Waals surface area (Å²) in [5, 5.41) is 9.14. The lowest BCUT2D eigenvalue weighted by Gasteiger charge is -2.29. The van der Waals surface area contributed by atoms with E-state index in [1.165, 1.54) is 16.7 Å². The maximum atomic E-state index is 13.2. The molecule has 1 saturated carbocycles. The minimum absolute atomic E-state index is 0.181. The number of Topliss-reactive ketones (excluding diaryl/α,β-unsaturated/α-hetero) is 1. The zero-order chi connectivity index (χ0) is 24.3. The van der Waals surface area contributed by atoms with Gasteiger partial charge < -0.3 is 9.84 Å². The Hall–Kier alpha value is -2.13. The van der Waals surface area contributed by atoms with Crippen molar-refractivity contribution in [2.24, 2.45) is 0 Å². The molecular weight excluding hydrogens is 408 g/mol. The average Bonchev–Trinajstić information content (AvgIpc) is 3.16. The Bertz CT molecular complexity index is 871. The molecule has 3 nitrogen and oxygen atoms in total. The van der Waals surface area contributed by atoms with Crippen molar-refractivity contribution < 1.29 is 14.6 Å². The molecule has 1 fully saturated rings. The van der Waals surface area contributed by atoms with Gasteiger partial charge in [0.05, 0.1) is 12.5 Å². The van der Waals surface area contributed by atoms with Gasteiger partial charge in [-0.25, -0.2) is 0 Å². The molecule has 1 aliphatic rings. The fourth-order valence-electron chi connectivity index (χ4n) is 4.80. The first kappa shape index (κ1) is 27.1. The number of carbonyl (C=O) groups excluding carboxylic acids is 1. The standard InChI is InChI=1S/C30H44O3/c1-23(2)10-6-11-24(3)12-7-13-25(4)18-20-30(19-8-15-29(30)32)27-17-16-26(14-9-21-31)22-28(27)33-5/h10,12,16-18,22,31H,6-9,11,13-15,19-21H2,1-5H3/b24-12+,25-18+. The van der Waals surface area contributed by atoms with Gasteiger partial charge in [-0.1, -0.05) is 47.1 Å². The van der Waals surface area contributed by atoms with Crippen LogP contribution in [-0.2, 0) is 16.6 Å². The summed E-state index contributed by atoms with van der Waals surface area (Å²) in [6, 6.07) is 6.24. The highest BCUT2D eigenvalue weighted by Gasteiger charge is 2.44. The average molecular weight is 453 g/mol. The number of ether oxygens (including phenoxy) is 1. The van der Waals surface area contributed by atoms with Crippen LogP contribution in [0.3, 0.4) is 0 Å². The van der Waals surface area contributed by atoms with Crippen LogP contribution < -0.4 is 4.74 Å². The number of allylic oxidation sites excluding steroid dienone is 6. The van der Waals surface area contributed by atoms with E-state index in [9.17, 15) is 4.79 Å². The third kappa shape index (κ3) is 7.99. The van der Waals surface area contributed by atoms with Gasteiger partial charge in [-0.3, -0.25) is 4.79 Å². The van der Waals surface area contributed by atoms with Crippen LogP contribution in [0, 0.1) is 0 Å². The lowest BCUT2D eigenvalue weighted by molar-refractivity contribution is -0.122. The molecule has 1 unspecified atom stereocenters. The van der Waals surface area contributed by atoms with Gasteiger partial charge in [0.15, 0.2) is 0 Å². The minimum atomic E-state index is -0.474. The maximum absolute atomic E-state index is 13.2. The van der Waals surface area contributed by atoms with Crippen molar-refractivity contribution in [1.82, 2.24) is 0 Å². The lowest BCUT2D eigenvalue weighted by Crippen LogP contribution is -2.31. The fourth-order valence-corrected chi connectivity index (χ4v) is 4.80. The van der Waals surface area contributed by atoms with Crippen LogP contribution in [0.25, 0.3) is 0 Å². The number of aliphatic hydroxyl groups excluding tert-OH is 1. The van der Waals surface area contributed by atoms with E-state index >= 15 is 0 Å². The number of methoxy groups -OCH3 is 1. The van der Waals surface area contributed by atoms with Gasteiger partial charge in [-0.2, -0.15) is 0 Å². The van der Waals surface area contributed by atoms with Crippen molar-refractivity contribution >= 4 is 5.78 Å². The molecule has 0 bridgehead atoms. The second-order valence-electron chi connectivity index (χ2n) is 9.88. The lowest BCUT2D eigenvalue weighted by atomic mass is 9.74. The molecule has 33 heavy (non-hydrogen) atoms. The molecular formula is C30H44O3. The molecule has 182 valence electrons. The SMILES string of the molecule is COc1cc(CCCO)ccc1C1(C/C=C(\C)CC/C=C(\C)CCC=C(C)C)CCCC1=O. The van der Waals surface area contributed by atoms with E-state index in [0.717, 1.165) is 74.7 Å². The Labute approximate surface area is 201 Å². The number of carbonyl (C=O) groups is 1. The Kier molecular flexibility index (Phi) is 11.1. The van der Waals surface area contributed by atoms with Gasteiger partial charge in [0.25, 0.3) is 0 Å². The van der Waals surface area contributed by atoms with Crippen LogP contribution in [0.2, 0.25) is 0 Å². The van der Waals surface area contributed by atoms with Crippen molar-refractivity contribution in [3.8, 4) is 5.75 Å². The number of ketones is 1. The number of benzene rings is 1. The molecule has 2 rings (SSSR count). The fraction of sp³-hybridized carbons (Fsp3) is 0.567. The molecule has 0 aromatic heterocycles. The van der Waals surface area contributed by atoms with Crippen LogP contribution in [-0.4, -0.2) is 24.6 Å². The molecule has 1 aromatic rings. The molecule has 0 radical (unpaired) electrons. The summed E-state index contributed by atoms with van der Waals surface area (Å²) >= 11 is 0. The minimum Gasteiger partial charge on any atom is -0.496 e. The van der Waals surface area contributed by atoms with Gasteiger partial charge >= 0.3 is 0 Å². The zero-order valence-electron chi connectivity index (χ0n) is 21.5. The monoisotopic (exact) mass is 452 g/mol. The highest BCUT2D eigenvalue weighted by Crippen LogP contribution is 2.45. The topological polar surface area (TPSA) is 46.5 Å². The molecule has 0 heterocycles. The summed E-state index contributed by atoms with van der Waals surface area (Å²) in [7, 11) is 1.69. The summed E-state index contributed by atoms with van der Waals surface area (Å²) in [5.74, 6) is 1.14. The molecule has 1 atom stereocenters. The Morgan fingerprint density at radius 1 is 1.06 bits per heavy atom. The molecule has 1 aliphatic carbocycles. The van der Waals surface area contributed by atoms with Gasteiger partial charge in [-0.15, -0.1) is 0 Å². The summed E-state index contributed by atoms with van der Waals surface area (Å²) in [6.07, 6.45) is 16.0. The van der Waals surface area contributed by atoms with Gasteiger partial charge in [0.2, 0.25) is 0 Å². The van der Waals surface area contributed by atoms with Gasteiger partial charge in [-0.05, 0) is 97.1 Å². The molecule has 0 aliphatic heterocycles. The van der Waals surface area contributed by atoms with Crippen molar-refractivity contribution in [2.75, 3.05) is 13.7 Å². The van der Waals surface area contributed by atoms with Gasteiger partial charge in [0, 0.05) is 18.6 Å². The smallest absolute Gasteiger partial charge is 0.143 e. The van der Waals surface area contributed by atoms with E-state index in [2.05, 4.69) is 64.1 Å². The second-order valence-corrected chi connectivity index (χ2v) is 9.88. The molecule has 0 spiro atoms. The number of hydrogen-bond donors (Lipinski definition) is 1. The van der Waals surface area contributed by atoms with E-state index < -0.39 is 5.41 Å². The summed E-state index contributed by atoms with van der Waals surface area (Å²) in [6.45, 7) is 8.89. The van der Waals surface area contributed by atoms with Crippen LogP contribution in [0.4, 0.5) is 0 Å². The van der Waals surface area contributed by atoms with E-state index in [1.54, 1.807) is 7.11 Å². The predicted octanol–water partition coefficient (Wildman–Crippen LogP) is 7.42. The first-order valence-electron chi connectivity index (χ1n) is 12.6. The van der Waals surface area contributed by atoms with Crippen LogP contribution in [0.5, 0.6) is 5.75 Å². The maximum Gasteiger partial charge on any atom is 0.143 e. The Morgan fingerprint density at radius 2 is 1.76 bits per heavy atom.